The zero-order valence-corrected chi connectivity index (χ0v) is 11.4. The van der Waals surface area contributed by atoms with Crippen molar-refractivity contribution >= 4 is 5.78 Å². The molecule has 0 spiro atoms. The summed E-state index contributed by atoms with van der Waals surface area (Å²) >= 11 is 0. The summed E-state index contributed by atoms with van der Waals surface area (Å²) in [5.74, 6) is -1.10. The number of nitrogens with one attached hydrogen (secondary N) is 1. The first-order valence-electron chi connectivity index (χ1n) is 7.34. The van der Waals surface area contributed by atoms with Crippen LogP contribution < -0.4 is 5.32 Å². The van der Waals surface area contributed by atoms with Gasteiger partial charge in [-0.3, -0.25) is 4.79 Å². The van der Waals surface area contributed by atoms with Crippen LogP contribution in [0.2, 0.25) is 0 Å². The molecule has 20 heavy (non-hydrogen) atoms. The van der Waals surface area contributed by atoms with E-state index in [0.717, 1.165) is 31.7 Å². The molecule has 2 saturated heterocycles. The van der Waals surface area contributed by atoms with Gasteiger partial charge in [0.15, 0.2) is 0 Å². The van der Waals surface area contributed by atoms with Crippen LogP contribution in [0.25, 0.3) is 0 Å². The normalized spacial score (nSPS) is 29.2. The summed E-state index contributed by atoms with van der Waals surface area (Å²) in [6.07, 6.45) is 5.29. The summed E-state index contributed by atoms with van der Waals surface area (Å²) in [6, 6.07) is 4.32. The van der Waals surface area contributed by atoms with E-state index in [2.05, 4.69) is 5.32 Å². The predicted molar refractivity (Wildman–Crippen MR) is 72.4 cm³/mol. The van der Waals surface area contributed by atoms with Gasteiger partial charge in [-0.2, -0.15) is 0 Å². The van der Waals surface area contributed by atoms with E-state index >= 15 is 0 Å². The lowest BCUT2D eigenvalue weighted by Crippen LogP contribution is -2.50. The van der Waals surface area contributed by atoms with Crippen LogP contribution >= 0.6 is 0 Å². The van der Waals surface area contributed by atoms with Crippen molar-refractivity contribution in [3.63, 3.8) is 0 Å². The summed E-state index contributed by atoms with van der Waals surface area (Å²) in [5.41, 5.74) is 0.306. The van der Waals surface area contributed by atoms with Crippen LogP contribution in [-0.2, 0) is 11.2 Å². The highest BCUT2D eigenvalue weighted by molar-refractivity contribution is 5.83. The third-order valence-electron chi connectivity index (χ3n) is 4.55. The average molecular weight is 279 g/mol. The number of Topliss-reactive ketones (excluding diaryl/α,β-unsaturated/α-hetero) is 1. The van der Waals surface area contributed by atoms with Crippen LogP contribution in [0.4, 0.5) is 8.78 Å². The van der Waals surface area contributed by atoms with Crippen molar-refractivity contribution in [3.05, 3.63) is 35.4 Å². The van der Waals surface area contributed by atoms with Gasteiger partial charge in [-0.05, 0) is 37.3 Å². The first-order valence-corrected chi connectivity index (χ1v) is 7.34. The van der Waals surface area contributed by atoms with Crippen molar-refractivity contribution in [1.82, 2.24) is 5.32 Å². The third kappa shape index (κ3) is 2.90. The van der Waals surface area contributed by atoms with Crippen LogP contribution in [0.1, 0.15) is 37.7 Å². The molecule has 1 aromatic carbocycles. The molecule has 4 heteroatoms. The van der Waals surface area contributed by atoms with Gasteiger partial charge < -0.3 is 5.32 Å². The first kappa shape index (κ1) is 13.7. The van der Waals surface area contributed by atoms with E-state index in [1.165, 1.54) is 18.6 Å². The zero-order chi connectivity index (χ0) is 14.1. The van der Waals surface area contributed by atoms with E-state index in [1.54, 1.807) is 0 Å². The summed E-state index contributed by atoms with van der Waals surface area (Å²) in [5, 5.41) is 3.54. The molecule has 0 amide bonds. The second-order valence-corrected chi connectivity index (χ2v) is 6.04. The molecule has 1 N–H and O–H groups in total. The first-order chi connectivity index (χ1) is 9.61. The minimum absolute atomic E-state index is 0.0241. The van der Waals surface area contributed by atoms with Gasteiger partial charge in [0.25, 0.3) is 0 Å². The number of carbonyl (C=O) groups excluding carboxylic acids is 1. The number of halogens is 2. The Morgan fingerprint density at radius 1 is 1.20 bits per heavy atom. The number of rotatable bonds is 3. The van der Waals surface area contributed by atoms with E-state index in [0.29, 0.717) is 17.6 Å². The topological polar surface area (TPSA) is 29.1 Å². The van der Waals surface area contributed by atoms with Crippen LogP contribution in [0.15, 0.2) is 18.2 Å². The second-order valence-electron chi connectivity index (χ2n) is 6.04. The largest absolute Gasteiger partial charge is 0.311 e. The Morgan fingerprint density at radius 3 is 2.55 bits per heavy atom. The zero-order valence-electron chi connectivity index (χ0n) is 11.4. The number of carbonyl (C=O) groups is 1. The Bertz CT molecular complexity index is 505. The molecular formula is C16H19F2NO. The molecule has 2 bridgehead atoms. The number of hydrogen-bond acceptors (Lipinski definition) is 2. The highest BCUT2D eigenvalue weighted by atomic mass is 19.1. The fourth-order valence-electron chi connectivity index (χ4n) is 3.53. The van der Waals surface area contributed by atoms with Crippen LogP contribution in [-0.4, -0.2) is 17.9 Å². The molecule has 2 nitrogen and oxygen atoms in total. The second kappa shape index (κ2) is 5.60. The standard InChI is InChI=1S/C16H19F2NO/c17-12-5-4-10(15(18)9-12)8-16(20)11-6-13-2-1-3-14(7-11)19-13/h4-5,9,11,13-14,19H,1-3,6-8H2. The van der Waals surface area contributed by atoms with Gasteiger partial charge >= 0.3 is 0 Å². The predicted octanol–water partition coefficient (Wildman–Crippen LogP) is 3.00. The van der Waals surface area contributed by atoms with Crippen molar-refractivity contribution < 1.29 is 13.6 Å². The molecule has 0 radical (unpaired) electrons. The quantitative estimate of drug-likeness (QED) is 0.921. The maximum atomic E-state index is 13.6. The van der Waals surface area contributed by atoms with Gasteiger partial charge in [-0.25, -0.2) is 8.78 Å². The number of benzene rings is 1. The summed E-state index contributed by atoms with van der Waals surface area (Å²) in [6.45, 7) is 0. The molecule has 2 atom stereocenters. The lowest BCUT2D eigenvalue weighted by atomic mass is 9.77. The van der Waals surface area contributed by atoms with E-state index < -0.39 is 11.6 Å². The minimum Gasteiger partial charge on any atom is -0.311 e. The highest BCUT2D eigenvalue weighted by Gasteiger charge is 2.34. The molecule has 2 aliphatic heterocycles. The van der Waals surface area contributed by atoms with Crippen molar-refractivity contribution in [1.29, 1.82) is 0 Å². The molecule has 1 aromatic rings. The average Bonchev–Trinajstić information content (AvgIpc) is 2.41. The van der Waals surface area contributed by atoms with Gasteiger partial charge in [0, 0.05) is 30.5 Å². The molecule has 2 fully saturated rings. The van der Waals surface area contributed by atoms with Crippen molar-refractivity contribution in [3.8, 4) is 0 Å². The molecule has 0 saturated carbocycles. The van der Waals surface area contributed by atoms with E-state index in [4.69, 9.17) is 0 Å². The SMILES string of the molecule is O=C(Cc1ccc(F)cc1F)C1CC2CCCC(C1)N2. The van der Waals surface area contributed by atoms with Crippen LogP contribution in [0.5, 0.6) is 0 Å². The molecule has 0 aliphatic carbocycles. The van der Waals surface area contributed by atoms with Crippen molar-refractivity contribution in [2.24, 2.45) is 5.92 Å². The molecule has 2 aliphatic rings. The molecule has 3 rings (SSSR count). The fourth-order valence-corrected chi connectivity index (χ4v) is 3.53. The molecule has 2 unspecified atom stereocenters. The maximum Gasteiger partial charge on any atom is 0.140 e. The Morgan fingerprint density at radius 2 is 1.90 bits per heavy atom. The monoisotopic (exact) mass is 279 g/mol. The molecular weight excluding hydrogens is 260 g/mol. The van der Waals surface area contributed by atoms with Crippen molar-refractivity contribution in [2.75, 3.05) is 0 Å². The number of ketones is 1. The fraction of sp³-hybridized carbons (Fsp3) is 0.562. The Hall–Kier alpha value is -1.29. The van der Waals surface area contributed by atoms with Gasteiger partial charge in [0.2, 0.25) is 0 Å². The van der Waals surface area contributed by atoms with E-state index in [9.17, 15) is 13.6 Å². The highest BCUT2D eigenvalue weighted by Crippen LogP contribution is 2.31. The van der Waals surface area contributed by atoms with Gasteiger partial charge in [-0.1, -0.05) is 12.5 Å². The number of hydrogen-bond donors (Lipinski definition) is 1. The van der Waals surface area contributed by atoms with Crippen molar-refractivity contribution in [2.45, 2.75) is 50.6 Å². The van der Waals surface area contributed by atoms with Crippen LogP contribution in [0, 0.1) is 17.6 Å². The molecule has 2 heterocycles. The maximum absolute atomic E-state index is 13.6. The van der Waals surface area contributed by atoms with Gasteiger partial charge in [0.1, 0.15) is 17.4 Å². The minimum atomic E-state index is -0.618. The van der Waals surface area contributed by atoms with Gasteiger partial charge in [-0.15, -0.1) is 0 Å². The molecule has 108 valence electrons. The Labute approximate surface area is 117 Å². The Kier molecular flexibility index (Phi) is 3.83. The van der Waals surface area contributed by atoms with Crippen LogP contribution in [0.3, 0.4) is 0 Å². The lowest BCUT2D eigenvalue weighted by molar-refractivity contribution is -0.124. The van der Waals surface area contributed by atoms with Gasteiger partial charge in [0.05, 0.1) is 0 Å². The lowest BCUT2D eigenvalue weighted by Gasteiger charge is -2.39. The third-order valence-corrected chi connectivity index (χ3v) is 4.55. The number of fused-ring (bicyclic) bond motifs is 2. The molecule has 0 aromatic heterocycles. The van der Waals surface area contributed by atoms with E-state index in [-0.39, 0.29) is 18.1 Å². The smallest absolute Gasteiger partial charge is 0.140 e. The summed E-state index contributed by atoms with van der Waals surface area (Å²) in [4.78, 5) is 12.3. The van der Waals surface area contributed by atoms with E-state index in [1.807, 2.05) is 0 Å². The number of piperidine rings is 2. The summed E-state index contributed by atoms with van der Waals surface area (Å²) < 4.78 is 26.5. The Balaban J connectivity index is 1.67. The summed E-state index contributed by atoms with van der Waals surface area (Å²) in [7, 11) is 0.